The molecule has 2 N–H and O–H groups in total. The molecular formula is C16H17ClN2O2. The minimum Gasteiger partial charge on any atom is -0.497 e. The minimum atomic E-state index is -0.243. The van der Waals surface area contributed by atoms with Gasteiger partial charge in [-0.2, -0.15) is 0 Å². The van der Waals surface area contributed by atoms with Crippen molar-refractivity contribution in [3.05, 3.63) is 59.1 Å². The van der Waals surface area contributed by atoms with Crippen molar-refractivity contribution in [2.24, 2.45) is 0 Å². The summed E-state index contributed by atoms with van der Waals surface area (Å²) in [6, 6.07) is 14.5. The van der Waals surface area contributed by atoms with Crippen LogP contribution in [0.2, 0.25) is 5.02 Å². The number of halogens is 1. The zero-order valence-corrected chi connectivity index (χ0v) is 12.5. The molecular weight excluding hydrogens is 288 g/mol. The fourth-order valence-electron chi connectivity index (χ4n) is 1.86. The first kappa shape index (κ1) is 15.2. The van der Waals surface area contributed by atoms with Gasteiger partial charge in [-0.3, -0.25) is 0 Å². The van der Waals surface area contributed by atoms with E-state index in [-0.39, 0.29) is 6.03 Å². The predicted molar refractivity (Wildman–Crippen MR) is 85.2 cm³/mol. The molecule has 5 heteroatoms. The topological polar surface area (TPSA) is 50.4 Å². The Hall–Kier alpha value is -2.20. The number of urea groups is 1. The predicted octanol–water partition coefficient (Wildman–Crippen LogP) is 3.71. The Kier molecular flexibility index (Phi) is 5.46. The van der Waals surface area contributed by atoms with E-state index >= 15 is 0 Å². The highest BCUT2D eigenvalue weighted by atomic mass is 35.5. The fourth-order valence-corrected chi connectivity index (χ4v) is 2.09. The standard InChI is InChI=1S/C16H17ClN2O2/c1-21-14-8-6-13(7-9-14)19-16(20)18-11-10-12-4-2-3-5-15(12)17/h2-9H,10-11H2,1H3,(H2,18,19,20). The Bertz CT molecular complexity index is 599. The van der Waals surface area contributed by atoms with Crippen LogP contribution in [0.4, 0.5) is 10.5 Å². The van der Waals surface area contributed by atoms with E-state index in [9.17, 15) is 4.79 Å². The maximum absolute atomic E-state index is 11.8. The molecule has 0 atom stereocenters. The molecule has 2 rings (SSSR count). The van der Waals surface area contributed by atoms with Gasteiger partial charge in [0.05, 0.1) is 7.11 Å². The molecule has 2 aromatic rings. The van der Waals surface area contributed by atoms with Gasteiger partial charge in [0.15, 0.2) is 0 Å². The number of carbonyl (C=O) groups excluding carboxylic acids is 1. The zero-order valence-electron chi connectivity index (χ0n) is 11.7. The molecule has 0 saturated heterocycles. The number of hydrogen-bond acceptors (Lipinski definition) is 2. The number of nitrogens with one attached hydrogen (secondary N) is 2. The van der Waals surface area contributed by atoms with E-state index in [2.05, 4.69) is 10.6 Å². The van der Waals surface area contributed by atoms with Crippen molar-refractivity contribution in [3.63, 3.8) is 0 Å². The average molecular weight is 305 g/mol. The van der Waals surface area contributed by atoms with E-state index < -0.39 is 0 Å². The summed E-state index contributed by atoms with van der Waals surface area (Å²) in [5.41, 5.74) is 1.73. The van der Waals surface area contributed by atoms with E-state index in [0.29, 0.717) is 18.7 Å². The molecule has 0 aromatic heterocycles. The highest BCUT2D eigenvalue weighted by Gasteiger charge is 2.03. The van der Waals surface area contributed by atoms with Crippen LogP contribution in [0.1, 0.15) is 5.56 Å². The molecule has 0 fully saturated rings. The number of ether oxygens (including phenoxy) is 1. The number of amides is 2. The third-order valence-electron chi connectivity index (χ3n) is 2.99. The second-order valence-corrected chi connectivity index (χ2v) is 4.86. The minimum absolute atomic E-state index is 0.243. The smallest absolute Gasteiger partial charge is 0.319 e. The first-order chi connectivity index (χ1) is 10.2. The molecule has 0 bridgehead atoms. The summed E-state index contributed by atoms with van der Waals surface area (Å²) in [5, 5.41) is 6.27. The maximum atomic E-state index is 11.8. The molecule has 0 spiro atoms. The molecule has 0 saturated carbocycles. The Morgan fingerprint density at radius 3 is 2.52 bits per heavy atom. The lowest BCUT2D eigenvalue weighted by molar-refractivity contribution is 0.252. The molecule has 0 radical (unpaired) electrons. The van der Waals surface area contributed by atoms with E-state index in [1.54, 1.807) is 31.4 Å². The van der Waals surface area contributed by atoms with Crippen molar-refractivity contribution in [2.45, 2.75) is 6.42 Å². The number of rotatable bonds is 5. The van der Waals surface area contributed by atoms with Gasteiger partial charge in [0.25, 0.3) is 0 Å². The summed E-state index contributed by atoms with van der Waals surface area (Å²) in [6.45, 7) is 0.520. The lowest BCUT2D eigenvalue weighted by Crippen LogP contribution is -2.30. The van der Waals surface area contributed by atoms with Crippen molar-refractivity contribution in [1.29, 1.82) is 0 Å². The van der Waals surface area contributed by atoms with Gasteiger partial charge in [-0.25, -0.2) is 4.79 Å². The molecule has 0 aliphatic heterocycles. The third-order valence-corrected chi connectivity index (χ3v) is 3.35. The first-order valence-electron chi connectivity index (χ1n) is 6.61. The largest absolute Gasteiger partial charge is 0.497 e. The third kappa shape index (κ3) is 4.68. The molecule has 110 valence electrons. The van der Waals surface area contributed by atoms with Gasteiger partial charge in [0.2, 0.25) is 0 Å². The molecule has 4 nitrogen and oxygen atoms in total. The molecule has 2 aromatic carbocycles. The molecule has 0 aliphatic carbocycles. The molecule has 0 aliphatic rings. The van der Waals surface area contributed by atoms with Crippen LogP contribution < -0.4 is 15.4 Å². The van der Waals surface area contributed by atoms with Crippen LogP contribution in [-0.4, -0.2) is 19.7 Å². The number of carbonyl (C=O) groups is 1. The monoisotopic (exact) mass is 304 g/mol. The average Bonchev–Trinajstić information content (AvgIpc) is 2.50. The van der Waals surface area contributed by atoms with Gasteiger partial charge >= 0.3 is 6.03 Å². The first-order valence-corrected chi connectivity index (χ1v) is 6.99. The maximum Gasteiger partial charge on any atom is 0.319 e. The Morgan fingerprint density at radius 1 is 1.14 bits per heavy atom. The highest BCUT2D eigenvalue weighted by Crippen LogP contribution is 2.16. The summed E-state index contributed by atoms with van der Waals surface area (Å²) in [7, 11) is 1.60. The Labute approximate surface area is 129 Å². The summed E-state index contributed by atoms with van der Waals surface area (Å²) >= 11 is 6.06. The summed E-state index contributed by atoms with van der Waals surface area (Å²) in [6.07, 6.45) is 0.690. The Balaban J connectivity index is 1.78. The Morgan fingerprint density at radius 2 is 1.86 bits per heavy atom. The zero-order chi connectivity index (χ0) is 15.1. The summed E-state index contributed by atoms with van der Waals surface area (Å²) < 4.78 is 5.06. The van der Waals surface area contributed by atoms with Gasteiger partial charge in [0.1, 0.15) is 5.75 Å². The van der Waals surface area contributed by atoms with E-state index in [0.717, 1.165) is 16.3 Å². The van der Waals surface area contributed by atoms with Gasteiger partial charge in [0, 0.05) is 17.3 Å². The fraction of sp³-hybridized carbons (Fsp3) is 0.188. The van der Waals surface area contributed by atoms with Crippen molar-refractivity contribution < 1.29 is 9.53 Å². The van der Waals surface area contributed by atoms with E-state index in [1.165, 1.54) is 0 Å². The number of benzene rings is 2. The van der Waals surface area contributed by atoms with Crippen LogP contribution in [0.15, 0.2) is 48.5 Å². The number of methoxy groups -OCH3 is 1. The van der Waals surface area contributed by atoms with Crippen LogP contribution in [0.25, 0.3) is 0 Å². The lowest BCUT2D eigenvalue weighted by Gasteiger charge is -2.09. The van der Waals surface area contributed by atoms with Gasteiger partial charge in [-0.05, 0) is 42.3 Å². The highest BCUT2D eigenvalue weighted by molar-refractivity contribution is 6.31. The van der Waals surface area contributed by atoms with Crippen molar-refractivity contribution in [1.82, 2.24) is 5.32 Å². The van der Waals surface area contributed by atoms with Crippen LogP contribution >= 0.6 is 11.6 Å². The second-order valence-electron chi connectivity index (χ2n) is 4.45. The normalized spacial score (nSPS) is 10.0. The lowest BCUT2D eigenvalue weighted by atomic mass is 10.1. The van der Waals surface area contributed by atoms with Crippen LogP contribution in [-0.2, 0) is 6.42 Å². The molecule has 0 unspecified atom stereocenters. The summed E-state index contributed by atoms with van der Waals surface area (Å²) in [5.74, 6) is 0.750. The van der Waals surface area contributed by atoms with Crippen LogP contribution in [0.3, 0.4) is 0 Å². The molecule has 2 amide bonds. The van der Waals surface area contributed by atoms with E-state index in [1.807, 2.05) is 24.3 Å². The van der Waals surface area contributed by atoms with Gasteiger partial charge in [-0.1, -0.05) is 29.8 Å². The number of anilines is 1. The van der Waals surface area contributed by atoms with Crippen molar-refractivity contribution in [2.75, 3.05) is 19.0 Å². The second kappa shape index (κ2) is 7.55. The van der Waals surface area contributed by atoms with Gasteiger partial charge in [-0.15, -0.1) is 0 Å². The van der Waals surface area contributed by atoms with Crippen LogP contribution in [0, 0.1) is 0 Å². The summed E-state index contributed by atoms with van der Waals surface area (Å²) in [4.78, 5) is 11.8. The van der Waals surface area contributed by atoms with Crippen molar-refractivity contribution >= 4 is 23.3 Å². The molecule has 0 heterocycles. The van der Waals surface area contributed by atoms with Crippen molar-refractivity contribution in [3.8, 4) is 5.75 Å². The van der Waals surface area contributed by atoms with Crippen LogP contribution in [0.5, 0.6) is 5.75 Å². The SMILES string of the molecule is COc1ccc(NC(=O)NCCc2ccccc2Cl)cc1. The molecule has 21 heavy (non-hydrogen) atoms. The van der Waals surface area contributed by atoms with Gasteiger partial charge < -0.3 is 15.4 Å². The number of hydrogen-bond donors (Lipinski definition) is 2. The van der Waals surface area contributed by atoms with E-state index in [4.69, 9.17) is 16.3 Å². The quantitative estimate of drug-likeness (QED) is 0.884.